The molecule has 2 rings (SSSR count). The molecule has 0 N–H and O–H groups in total. The maximum absolute atomic E-state index is 12.4. The third kappa shape index (κ3) is 4.12. The number of hydrogen-bond donors (Lipinski definition) is 0. The topological polar surface area (TPSA) is 86.2 Å². The largest absolute Gasteiger partial charge is 0.361 e. The quantitative estimate of drug-likeness (QED) is 0.727. The lowest BCUT2D eigenvalue weighted by Gasteiger charge is -2.14. The van der Waals surface area contributed by atoms with Gasteiger partial charge < -0.3 is 9.42 Å². The monoisotopic (exact) mass is 335 g/mol. The summed E-state index contributed by atoms with van der Waals surface area (Å²) in [4.78, 5) is 26.2. The first kappa shape index (κ1) is 18.0. The van der Waals surface area contributed by atoms with Crippen molar-refractivity contribution in [3.63, 3.8) is 0 Å². The lowest BCUT2D eigenvalue weighted by molar-refractivity contribution is -0.131. The van der Waals surface area contributed by atoms with Crippen molar-refractivity contribution in [2.24, 2.45) is 0 Å². The molecule has 0 aromatic carbocycles. The van der Waals surface area contributed by atoms with E-state index in [1.807, 2.05) is 6.92 Å². The van der Waals surface area contributed by atoms with E-state index in [4.69, 9.17) is 4.52 Å². The molecule has 0 radical (unpaired) electrons. The first-order chi connectivity index (χ1) is 11.5. The second kappa shape index (κ2) is 7.94. The number of aryl methyl sites for hydroxylation is 2. The third-order valence-corrected chi connectivity index (χ3v) is 3.86. The minimum absolute atomic E-state index is 0.0711. The molecule has 0 aliphatic heterocycles. The van der Waals surface area contributed by atoms with Gasteiger partial charge in [0.1, 0.15) is 23.8 Å². The highest BCUT2D eigenvalue weighted by atomic mass is 16.5. The van der Waals surface area contributed by atoms with E-state index in [1.165, 1.54) is 9.58 Å². The van der Waals surface area contributed by atoms with Gasteiger partial charge in [0.15, 0.2) is 0 Å². The highest BCUT2D eigenvalue weighted by Gasteiger charge is 2.17. The van der Waals surface area contributed by atoms with Gasteiger partial charge in [0.25, 0.3) is 0 Å². The van der Waals surface area contributed by atoms with Crippen molar-refractivity contribution in [3.8, 4) is 0 Å². The second-order valence-electron chi connectivity index (χ2n) is 5.88. The predicted molar refractivity (Wildman–Crippen MR) is 88.5 cm³/mol. The standard InChI is InChI=1S/C16H25N5O3/c1-5-7-8-14-17-21(16(23)20(14)6-2)11-15(22)19(4)10-13-9-12(3)24-18-13/h9H,5-8,10-11H2,1-4H3. The molecule has 0 saturated carbocycles. The Morgan fingerprint density at radius 3 is 2.71 bits per heavy atom. The molecule has 2 heterocycles. The number of carbonyl (C=O) groups excluding carboxylic acids is 1. The summed E-state index contributed by atoms with van der Waals surface area (Å²) in [6.07, 6.45) is 2.74. The van der Waals surface area contributed by atoms with Crippen molar-refractivity contribution in [1.29, 1.82) is 0 Å². The summed E-state index contributed by atoms with van der Waals surface area (Å²) in [7, 11) is 1.67. The highest BCUT2D eigenvalue weighted by molar-refractivity contribution is 5.75. The molecule has 0 aliphatic rings. The summed E-state index contributed by atoms with van der Waals surface area (Å²) < 4.78 is 7.88. The Labute approximate surface area is 141 Å². The Hall–Kier alpha value is -2.38. The van der Waals surface area contributed by atoms with E-state index in [-0.39, 0.29) is 18.1 Å². The summed E-state index contributed by atoms with van der Waals surface area (Å²) in [5, 5.41) is 8.21. The van der Waals surface area contributed by atoms with E-state index < -0.39 is 0 Å². The molecule has 2 aromatic heterocycles. The molecular formula is C16H25N5O3. The fourth-order valence-corrected chi connectivity index (χ4v) is 2.50. The zero-order valence-electron chi connectivity index (χ0n) is 14.8. The summed E-state index contributed by atoms with van der Waals surface area (Å²) in [5.74, 6) is 1.25. The number of amides is 1. The third-order valence-electron chi connectivity index (χ3n) is 3.86. The number of nitrogens with zero attached hydrogens (tertiary/aromatic N) is 5. The van der Waals surface area contributed by atoms with Crippen molar-refractivity contribution in [3.05, 3.63) is 33.8 Å². The molecule has 0 spiro atoms. The molecule has 0 saturated heterocycles. The van der Waals surface area contributed by atoms with Gasteiger partial charge in [-0.25, -0.2) is 9.48 Å². The molecule has 0 aliphatic carbocycles. The number of carbonyl (C=O) groups is 1. The van der Waals surface area contributed by atoms with Crippen LogP contribution in [0.15, 0.2) is 15.4 Å². The van der Waals surface area contributed by atoms with E-state index in [9.17, 15) is 9.59 Å². The van der Waals surface area contributed by atoms with Crippen LogP contribution < -0.4 is 5.69 Å². The Morgan fingerprint density at radius 1 is 1.38 bits per heavy atom. The lowest BCUT2D eigenvalue weighted by Crippen LogP contribution is -2.34. The van der Waals surface area contributed by atoms with Gasteiger partial charge in [0.2, 0.25) is 5.91 Å². The van der Waals surface area contributed by atoms with Crippen LogP contribution in [0.5, 0.6) is 0 Å². The number of likely N-dealkylation sites (N-methyl/N-ethyl adjacent to an activating group) is 1. The number of aromatic nitrogens is 4. The van der Waals surface area contributed by atoms with Crippen molar-refractivity contribution in [2.75, 3.05) is 7.05 Å². The number of unbranched alkanes of at least 4 members (excludes halogenated alkanes) is 1. The van der Waals surface area contributed by atoms with Crippen LogP contribution in [0.25, 0.3) is 0 Å². The van der Waals surface area contributed by atoms with E-state index >= 15 is 0 Å². The van der Waals surface area contributed by atoms with Crippen LogP contribution >= 0.6 is 0 Å². The van der Waals surface area contributed by atoms with Crippen LogP contribution in [0.3, 0.4) is 0 Å². The zero-order valence-corrected chi connectivity index (χ0v) is 14.8. The lowest BCUT2D eigenvalue weighted by atomic mass is 10.2. The smallest absolute Gasteiger partial charge is 0.346 e. The van der Waals surface area contributed by atoms with Gasteiger partial charge in [-0.05, 0) is 20.3 Å². The number of hydrogen-bond acceptors (Lipinski definition) is 5. The maximum atomic E-state index is 12.4. The van der Waals surface area contributed by atoms with Gasteiger partial charge in [-0.1, -0.05) is 18.5 Å². The molecule has 24 heavy (non-hydrogen) atoms. The molecule has 1 amide bonds. The van der Waals surface area contributed by atoms with Crippen molar-refractivity contribution in [1.82, 2.24) is 24.4 Å². The summed E-state index contributed by atoms with van der Waals surface area (Å²) in [6, 6.07) is 1.78. The van der Waals surface area contributed by atoms with E-state index in [0.29, 0.717) is 24.5 Å². The van der Waals surface area contributed by atoms with Crippen LogP contribution in [-0.4, -0.2) is 37.4 Å². The van der Waals surface area contributed by atoms with Crippen LogP contribution in [-0.2, 0) is 30.8 Å². The number of rotatable bonds is 8. The molecular weight excluding hydrogens is 310 g/mol. The Bertz CT molecular complexity index is 743. The van der Waals surface area contributed by atoms with Gasteiger partial charge in [-0.3, -0.25) is 9.36 Å². The van der Waals surface area contributed by atoms with E-state index in [0.717, 1.165) is 25.1 Å². The van der Waals surface area contributed by atoms with Crippen LogP contribution in [0.2, 0.25) is 0 Å². The van der Waals surface area contributed by atoms with E-state index in [1.54, 1.807) is 24.6 Å². The van der Waals surface area contributed by atoms with E-state index in [2.05, 4.69) is 17.2 Å². The minimum atomic E-state index is -0.234. The van der Waals surface area contributed by atoms with Gasteiger partial charge in [0.05, 0.1) is 6.54 Å². The van der Waals surface area contributed by atoms with Gasteiger partial charge in [0, 0.05) is 26.1 Å². The Balaban J connectivity index is 2.07. The first-order valence-electron chi connectivity index (χ1n) is 8.28. The van der Waals surface area contributed by atoms with Crippen LogP contribution in [0.4, 0.5) is 0 Å². The average molecular weight is 335 g/mol. The molecule has 0 unspecified atom stereocenters. The highest BCUT2D eigenvalue weighted by Crippen LogP contribution is 2.05. The van der Waals surface area contributed by atoms with Crippen molar-refractivity contribution < 1.29 is 9.32 Å². The summed E-state index contributed by atoms with van der Waals surface area (Å²) in [6.45, 7) is 6.62. The Morgan fingerprint density at radius 2 is 2.12 bits per heavy atom. The molecule has 0 fully saturated rings. The van der Waals surface area contributed by atoms with Gasteiger partial charge >= 0.3 is 5.69 Å². The van der Waals surface area contributed by atoms with Gasteiger partial charge in [-0.2, -0.15) is 5.10 Å². The summed E-state index contributed by atoms with van der Waals surface area (Å²) >= 11 is 0. The average Bonchev–Trinajstić information content (AvgIpc) is 3.08. The first-order valence-corrected chi connectivity index (χ1v) is 8.28. The minimum Gasteiger partial charge on any atom is -0.361 e. The molecule has 8 heteroatoms. The fourth-order valence-electron chi connectivity index (χ4n) is 2.50. The molecule has 0 atom stereocenters. The normalized spacial score (nSPS) is 11.0. The van der Waals surface area contributed by atoms with Crippen molar-refractivity contribution in [2.45, 2.75) is 59.7 Å². The fraction of sp³-hybridized carbons (Fsp3) is 0.625. The Kier molecular flexibility index (Phi) is 5.94. The molecule has 8 nitrogen and oxygen atoms in total. The SMILES string of the molecule is CCCCc1nn(CC(=O)N(C)Cc2cc(C)on2)c(=O)n1CC. The molecule has 0 bridgehead atoms. The molecule has 2 aromatic rings. The summed E-state index contributed by atoms with van der Waals surface area (Å²) in [5.41, 5.74) is 0.445. The zero-order chi connectivity index (χ0) is 17.7. The predicted octanol–water partition coefficient (Wildman–Crippen LogP) is 1.36. The van der Waals surface area contributed by atoms with Crippen LogP contribution in [0, 0.1) is 6.92 Å². The van der Waals surface area contributed by atoms with Crippen molar-refractivity contribution >= 4 is 5.91 Å². The molecule has 132 valence electrons. The maximum Gasteiger partial charge on any atom is 0.346 e. The van der Waals surface area contributed by atoms with Crippen LogP contribution in [0.1, 0.15) is 44.0 Å². The second-order valence-corrected chi connectivity index (χ2v) is 5.88. The van der Waals surface area contributed by atoms with Gasteiger partial charge in [-0.15, -0.1) is 0 Å².